The summed E-state index contributed by atoms with van der Waals surface area (Å²) in [6.45, 7) is 0.604. The zero-order chi connectivity index (χ0) is 30.3. The van der Waals surface area contributed by atoms with E-state index >= 15 is 0 Å². The van der Waals surface area contributed by atoms with E-state index in [1.54, 1.807) is 31.4 Å². The Balaban J connectivity index is 0.000000515. The van der Waals surface area contributed by atoms with Gasteiger partial charge in [-0.1, -0.05) is 37.8 Å². The van der Waals surface area contributed by atoms with Gasteiger partial charge in [-0.3, -0.25) is 24.5 Å². The summed E-state index contributed by atoms with van der Waals surface area (Å²) in [7, 11) is 1.58. The maximum Gasteiger partial charge on any atom is 0.320 e. The molecule has 3 rings (SSSR count). The molecule has 1 fully saturated rings. The van der Waals surface area contributed by atoms with E-state index in [0.717, 1.165) is 24.2 Å². The van der Waals surface area contributed by atoms with Crippen molar-refractivity contribution in [3.8, 4) is 5.75 Å². The second-order valence-corrected chi connectivity index (χ2v) is 9.01. The molecular formula is C28H42N4O8. The number of unbranched alkanes of at least 4 members (excludes halogenated alkanes) is 1. The van der Waals surface area contributed by atoms with Crippen molar-refractivity contribution in [1.82, 2.24) is 0 Å². The Morgan fingerprint density at radius 2 is 1.62 bits per heavy atom. The van der Waals surface area contributed by atoms with Gasteiger partial charge in [0.25, 0.3) is 5.69 Å². The van der Waals surface area contributed by atoms with Crippen LogP contribution >= 0.6 is 0 Å². The van der Waals surface area contributed by atoms with Crippen molar-refractivity contribution >= 4 is 23.9 Å². The molecule has 0 unspecified atom stereocenters. The second-order valence-electron chi connectivity index (χ2n) is 9.01. The summed E-state index contributed by atoms with van der Waals surface area (Å²) in [5.41, 5.74) is 17.3. The Morgan fingerprint density at radius 3 is 2.00 bits per heavy atom. The minimum Gasteiger partial charge on any atom is -0.497 e. The topological polar surface area (TPSA) is 222 Å². The molecule has 0 aromatic heterocycles. The van der Waals surface area contributed by atoms with Crippen molar-refractivity contribution in [2.75, 3.05) is 13.7 Å². The fourth-order valence-corrected chi connectivity index (χ4v) is 3.36. The lowest BCUT2D eigenvalue weighted by atomic mass is 9.97. The van der Waals surface area contributed by atoms with Crippen LogP contribution < -0.4 is 21.9 Å². The fourth-order valence-electron chi connectivity index (χ4n) is 3.36. The van der Waals surface area contributed by atoms with Crippen molar-refractivity contribution in [1.29, 1.82) is 0 Å². The molecule has 0 radical (unpaired) electrons. The van der Waals surface area contributed by atoms with Crippen LogP contribution in [0.3, 0.4) is 0 Å². The number of hydrogen-bond donors (Lipinski definition) is 5. The Bertz CT molecular complexity index is 994. The number of nitrogens with two attached hydrogens (primary N) is 3. The zero-order valence-electron chi connectivity index (χ0n) is 22.9. The number of aldehydes is 1. The van der Waals surface area contributed by atoms with Gasteiger partial charge in [0.2, 0.25) is 0 Å². The van der Waals surface area contributed by atoms with Crippen LogP contribution in [0.25, 0.3) is 0 Å². The molecular weight excluding hydrogens is 520 g/mol. The molecule has 0 heterocycles. The molecule has 40 heavy (non-hydrogen) atoms. The maximum absolute atomic E-state index is 10.3. The molecule has 1 saturated carbocycles. The number of aliphatic carboxylic acids is 2. The van der Waals surface area contributed by atoms with Crippen LogP contribution in [0.15, 0.2) is 48.5 Å². The van der Waals surface area contributed by atoms with E-state index in [0.29, 0.717) is 30.9 Å². The molecule has 0 bridgehead atoms. The summed E-state index contributed by atoms with van der Waals surface area (Å²) >= 11 is 0. The van der Waals surface area contributed by atoms with Gasteiger partial charge in [0.05, 0.1) is 18.5 Å². The van der Waals surface area contributed by atoms with Gasteiger partial charge in [-0.2, -0.15) is 0 Å². The van der Waals surface area contributed by atoms with Crippen molar-refractivity contribution in [3.05, 3.63) is 69.8 Å². The van der Waals surface area contributed by atoms with Gasteiger partial charge in [0.1, 0.15) is 18.1 Å². The minimum absolute atomic E-state index is 0.00407. The van der Waals surface area contributed by atoms with Crippen LogP contribution in [0.5, 0.6) is 5.75 Å². The van der Waals surface area contributed by atoms with E-state index < -0.39 is 22.9 Å². The monoisotopic (exact) mass is 562 g/mol. The van der Waals surface area contributed by atoms with Crippen molar-refractivity contribution in [2.45, 2.75) is 69.9 Å². The molecule has 8 N–H and O–H groups in total. The first-order chi connectivity index (χ1) is 19.0. The molecule has 0 spiro atoms. The fraction of sp³-hybridized carbons (Fsp3) is 0.464. The summed E-state index contributed by atoms with van der Waals surface area (Å²) in [6.07, 6.45) is 9.53. The smallest absolute Gasteiger partial charge is 0.320 e. The van der Waals surface area contributed by atoms with E-state index in [1.165, 1.54) is 56.4 Å². The lowest BCUT2D eigenvalue weighted by Gasteiger charge is -2.15. The predicted molar refractivity (Wildman–Crippen MR) is 152 cm³/mol. The van der Waals surface area contributed by atoms with Crippen LogP contribution in [0.1, 0.15) is 67.3 Å². The van der Waals surface area contributed by atoms with Crippen LogP contribution in [0.2, 0.25) is 0 Å². The van der Waals surface area contributed by atoms with Crippen LogP contribution in [0, 0.1) is 10.1 Å². The average Bonchev–Trinajstić information content (AvgIpc) is 2.94. The number of rotatable bonds is 10. The number of carbonyl (C=O) groups excluding carboxylic acids is 1. The quantitative estimate of drug-likeness (QED) is 0.122. The molecule has 0 amide bonds. The summed E-state index contributed by atoms with van der Waals surface area (Å²) in [4.78, 5) is 40.2. The number of hydrogen-bond acceptors (Lipinski definition) is 9. The number of nitrogens with zero attached hydrogens (tertiary/aromatic N) is 1. The molecule has 12 heteroatoms. The molecule has 1 aliphatic carbocycles. The number of ether oxygens (including phenoxy) is 1. The van der Waals surface area contributed by atoms with E-state index in [4.69, 9.17) is 32.2 Å². The van der Waals surface area contributed by atoms with Gasteiger partial charge in [0.15, 0.2) is 0 Å². The van der Waals surface area contributed by atoms with E-state index in [2.05, 4.69) is 0 Å². The minimum atomic E-state index is -0.933. The SMILES string of the molecule is COc1ccc(CC(=O)O)cc1.NC1CCCCC1.NCCCC[C@H](N)C(=O)O.O=Cc1ccc([N+](=O)[O-])cc1. The van der Waals surface area contributed by atoms with Crippen molar-refractivity contribution in [2.24, 2.45) is 17.2 Å². The maximum atomic E-state index is 10.3. The van der Waals surface area contributed by atoms with Gasteiger partial charge >= 0.3 is 11.9 Å². The lowest BCUT2D eigenvalue weighted by molar-refractivity contribution is -0.384. The Hall–Kier alpha value is -3.87. The lowest BCUT2D eigenvalue weighted by Crippen LogP contribution is -2.29. The first kappa shape index (κ1) is 36.1. The average molecular weight is 563 g/mol. The van der Waals surface area contributed by atoms with Gasteiger partial charge in [-0.15, -0.1) is 0 Å². The summed E-state index contributed by atoms with van der Waals surface area (Å²) in [5.74, 6) is -1.01. The summed E-state index contributed by atoms with van der Waals surface area (Å²) in [5, 5.41) is 26.9. The molecule has 0 aliphatic heterocycles. The molecule has 2 aromatic carbocycles. The normalized spacial score (nSPS) is 13.0. The van der Waals surface area contributed by atoms with Crippen molar-refractivity contribution in [3.63, 3.8) is 0 Å². The van der Waals surface area contributed by atoms with Gasteiger partial charge in [0, 0.05) is 23.7 Å². The van der Waals surface area contributed by atoms with Crippen LogP contribution in [0.4, 0.5) is 5.69 Å². The van der Waals surface area contributed by atoms with E-state index in [9.17, 15) is 24.5 Å². The summed E-state index contributed by atoms with van der Waals surface area (Å²) < 4.78 is 4.93. The van der Waals surface area contributed by atoms with Crippen LogP contribution in [-0.4, -0.2) is 59.1 Å². The highest BCUT2D eigenvalue weighted by atomic mass is 16.6. The Labute approximate surface area is 234 Å². The number of methoxy groups -OCH3 is 1. The number of benzene rings is 2. The van der Waals surface area contributed by atoms with Gasteiger partial charge < -0.3 is 32.2 Å². The molecule has 1 aliphatic rings. The van der Waals surface area contributed by atoms with E-state index in [-0.39, 0.29) is 12.1 Å². The highest BCUT2D eigenvalue weighted by Crippen LogP contribution is 2.15. The number of carboxylic acid groups (broad SMARTS) is 2. The molecule has 222 valence electrons. The van der Waals surface area contributed by atoms with Crippen molar-refractivity contribution < 1.29 is 34.3 Å². The highest BCUT2D eigenvalue weighted by molar-refractivity contribution is 5.75. The Kier molecular flexibility index (Phi) is 19.9. The standard InChI is InChI=1S/C9H10O3.C7H5NO3.C6H14N2O2.C6H13N/c1-12-8-4-2-7(3-5-8)6-9(10)11;9-5-6-1-3-7(4-2-6)8(10)11;7-4-2-1-3-5(8)6(9)10;7-6-4-2-1-3-5-6/h2-5H,6H2,1H3,(H,10,11);1-5H;5H,1-4,7-8H2,(H,9,10);6H,1-5,7H2/t;;5-;/m..0./s1. The highest BCUT2D eigenvalue weighted by Gasteiger charge is 2.09. The molecule has 12 nitrogen and oxygen atoms in total. The van der Waals surface area contributed by atoms with Crippen LogP contribution in [-0.2, 0) is 16.0 Å². The third-order valence-electron chi connectivity index (χ3n) is 5.69. The Morgan fingerprint density at radius 1 is 1.05 bits per heavy atom. The van der Waals surface area contributed by atoms with E-state index in [1.807, 2.05) is 0 Å². The second kappa shape index (κ2) is 22.0. The number of nitro groups is 1. The molecule has 2 aromatic rings. The number of nitro benzene ring substituents is 1. The summed E-state index contributed by atoms with van der Waals surface area (Å²) in [6, 6.07) is 12.2. The third-order valence-corrected chi connectivity index (χ3v) is 5.69. The third kappa shape index (κ3) is 18.4. The number of non-ortho nitro benzene ring substituents is 1. The predicted octanol–water partition coefficient (Wildman–Crippen LogP) is 3.53. The van der Waals surface area contributed by atoms with Gasteiger partial charge in [-0.25, -0.2) is 0 Å². The first-order valence-electron chi connectivity index (χ1n) is 13.0. The number of carbonyl (C=O) groups is 3. The van der Waals surface area contributed by atoms with Gasteiger partial charge in [-0.05, 0) is 62.1 Å². The first-order valence-corrected chi connectivity index (χ1v) is 13.0. The molecule has 0 saturated heterocycles. The molecule has 1 atom stereocenters. The number of carboxylic acids is 2. The largest absolute Gasteiger partial charge is 0.497 e. The zero-order valence-corrected chi connectivity index (χ0v) is 22.9.